The van der Waals surface area contributed by atoms with Crippen LogP contribution in [0.1, 0.15) is 31.4 Å². The molecular formula is C17H21NO3S. The van der Waals surface area contributed by atoms with Gasteiger partial charge in [-0.15, -0.1) is 0 Å². The highest BCUT2D eigenvalue weighted by atomic mass is 32.2. The van der Waals surface area contributed by atoms with Crippen LogP contribution in [0.15, 0.2) is 36.6 Å². The Bertz CT molecular complexity index is 568. The Morgan fingerprint density at radius 1 is 1.23 bits per heavy atom. The Morgan fingerprint density at radius 2 is 1.86 bits per heavy atom. The van der Waals surface area contributed by atoms with Crippen molar-refractivity contribution in [2.75, 3.05) is 6.73 Å². The molecule has 22 heavy (non-hydrogen) atoms. The van der Waals surface area contributed by atoms with Crippen LogP contribution in [0.2, 0.25) is 0 Å². The molecule has 1 unspecified atom stereocenters. The van der Waals surface area contributed by atoms with E-state index in [0.29, 0.717) is 18.6 Å². The van der Waals surface area contributed by atoms with E-state index in [0.717, 1.165) is 28.6 Å². The molecule has 1 aromatic rings. The molecule has 1 fully saturated rings. The molecule has 118 valence electrons. The molecule has 4 nitrogen and oxygen atoms in total. The van der Waals surface area contributed by atoms with Crippen molar-refractivity contribution in [1.29, 1.82) is 0 Å². The number of rotatable bonds is 7. The lowest BCUT2D eigenvalue weighted by atomic mass is 10.1. The third-order valence-electron chi connectivity index (χ3n) is 3.65. The molecule has 2 rings (SSSR count). The maximum atomic E-state index is 12.3. The van der Waals surface area contributed by atoms with Crippen LogP contribution in [0.3, 0.4) is 0 Å². The number of nitrogens with zero attached hydrogens (tertiary/aromatic N) is 1. The number of amides is 2. The fourth-order valence-electron chi connectivity index (χ4n) is 2.13. The second-order valence-electron chi connectivity index (χ2n) is 5.18. The van der Waals surface area contributed by atoms with Crippen molar-refractivity contribution in [3.8, 4) is 0 Å². The predicted molar refractivity (Wildman–Crippen MR) is 88.5 cm³/mol. The Hall–Kier alpha value is -1.75. The highest BCUT2D eigenvalue weighted by molar-refractivity contribution is 8.15. The fraction of sp³-hybridized carbons (Fsp3) is 0.412. The number of aryl methyl sites for hydroxylation is 1. The van der Waals surface area contributed by atoms with Crippen LogP contribution in [0.4, 0.5) is 4.79 Å². The number of imide groups is 1. The minimum absolute atomic E-state index is 0.0391. The van der Waals surface area contributed by atoms with E-state index in [1.807, 2.05) is 19.1 Å². The molecule has 1 aliphatic heterocycles. The number of hydrogen-bond acceptors (Lipinski definition) is 4. The summed E-state index contributed by atoms with van der Waals surface area (Å²) in [7, 11) is 0. The number of benzene rings is 1. The molecule has 2 amide bonds. The number of hydrogen-bond donors (Lipinski definition) is 0. The molecule has 0 aromatic heterocycles. The summed E-state index contributed by atoms with van der Waals surface area (Å²) in [6, 6.07) is 8.17. The first-order valence-electron chi connectivity index (χ1n) is 7.45. The van der Waals surface area contributed by atoms with Gasteiger partial charge in [0.05, 0.1) is 11.0 Å². The molecule has 1 saturated heterocycles. The molecule has 1 aromatic carbocycles. The monoisotopic (exact) mass is 319 g/mol. The standard InChI is InChI=1S/C17H21NO3S/c1-4-12(3)21-11-18-16(19)15(22-17(18)20)10-14-8-6-13(5-2)7-9-14/h6-9,15H,3-5,10-11H2,1-2H3. The molecule has 0 radical (unpaired) electrons. The molecule has 1 heterocycles. The minimum atomic E-state index is -0.363. The third-order valence-corrected chi connectivity index (χ3v) is 4.72. The molecule has 0 saturated carbocycles. The van der Waals surface area contributed by atoms with Gasteiger partial charge in [0.2, 0.25) is 5.91 Å². The molecular weight excluding hydrogens is 298 g/mol. The number of ether oxygens (including phenoxy) is 1. The zero-order valence-corrected chi connectivity index (χ0v) is 13.8. The highest BCUT2D eigenvalue weighted by Gasteiger charge is 2.39. The van der Waals surface area contributed by atoms with Gasteiger partial charge in [0.1, 0.15) is 0 Å². The van der Waals surface area contributed by atoms with Gasteiger partial charge in [0, 0.05) is 6.42 Å². The number of allylic oxidation sites excluding steroid dienone is 1. The van der Waals surface area contributed by atoms with E-state index in [9.17, 15) is 9.59 Å². The van der Waals surface area contributed by atoms with Gasteiger partial charge in [-0.3, -0.25) is 9.59 Å². The molecule has 0 bridgehead atoms. The van der Waals surface area contributed by atoms with E-state index in [-0.39, 0.29) is 23.1 Å². The maximum absolute atomic E-state index is 12.3. The Labute approximate surface area is 135 Å². The quantitative estimate of drug-likeness (QED) is 0.718. The van der Waals surface area contributed by atoms with Crippen molar-refractivity contribution >= 4 is 22.9 Å². The average Bonchev–Trinajstić information content (AvgIpc) is 2.79. The van der Waals surface area contributed by atoms with Gasteiger partial charge in [0.25, 0.3) is 5.24 Å². The van der Waals surface area contributed by atoms with Crippen LogP contribution in [0.5, 0.6) is 0 Å². The zero-order chi connectivity index (χ0) is 16.1. The molecule has 0 aliphatic carbocycles. The lowest BCUT2D eigenvalue weighted by molar-refractivity contribution is -0.129. The van der Waals surface area contributed by atoms with E-state index in [1.165, 1.54) is 5.56 Å². The summed E-state index contributed by atoms with van der Waals surface area (Å²) in [5.74, 6) is 0.391. The molecule has 1 aliphatic rings. The molecule has 0 N–H and O–H groups in total. The average molecular weight is 319 g/mol. The first kappa shape index (κ1) is 16.6. The van der Waals surface area contributed by atoms with Gasteiger partial charge in [0.15, 0.2) is 6.73 Å². The van der Waals surface area contributed by atoms with Gasteiger partial charge < -0.3 is 4.74 Å². The van der Waals surface area contributed by atoms with Gasteiger partial charge in [-0.1, -0.05) is 56.5 Å². The van der Waals surface area contributed by atoms with Crippen molar-refractivity contribution in [2.45, 2.75) is 38.4 Å². The Balaban J connectivity index is 1.96. The van der Waals surface area contributed by atoms with Gasteiger partial charge >= 0.3 is 0 Å². The van der Waals surface area contributed by atoms with Crippen molar-refractivity contribution < 1.29 is 14.3 Å². The van der Waals surface area contributed by atoms with Crippen LogP contribution in [-0.2, 0) is 22.4 Å². The van der Waals surface area contributed by atoms with E-state index in [1.54, 1.807) is 0 Å². The largest absolute Gasteiger partial charge is 0.478 e. The van der Waals surface area contributed by atoms with Crippen molar-refractivity contribution in [1.82, 2.24) is 4.90 Å². The van der Waals surface area contributed by atoms with E-state index >= 15 is 0 Å². The van der Waals surface area contributed by atoms with E-state index in [2.05, 4.69) is 25.6 Å². The Kier molecular flexibility index (Phi) is 5.66. The molecule has 5 heteroatoms. The second kappa shape index (κ2) is 7.49. The summed E-state index contributed by atoms with van der Waals surface area (Å²) in [6.07, 6.45) is 2.21. The van der Waals surface area contributed by atoms with Crippen molar-refractivity contribution in [2.24, 2.45) is 0 Å². The van der Waals surface area contributed by atoms with Gasteiger partial charge in [-0.25, -0.2) is 4.90 Å². The Morgan fingerprint density at radius 3 is 2.45 bits per heavy atom. The first-order chi connectivity index (χ1) is 10.5. The van der Waals surface area contributed by atoms with Crippen molar-refractivity contribution in [3.63, 3.8) is 0 Å². The summed E-state index contributed by atoms with van der Waals surface area (Å²) in [6.45, 7) is 7.68. The van der Waals surface area contributed by atoms with E-state index < -0.39 is 0 Å². The summed E-state index contributed by atoms with van der Waals surface area (Å²) in [4.78, 5) is 25.4. The lowest BCUT2D eigenvalue weighted by Gasteiger charge is -2.15. The second-order valence-corrected chi connectivity index (χ2v) is 6.33. The van der Waals surface area contributed by atoms with Crippen LogP contribution < -0.4 is 0 Å². The molecule has 0 spiro atoms. The van der Waals surface area contributed by atoms with Crippen LogP contribution in [0.25, 0.3) is 0 Å². The molecule has 1 atom stereocenters. The smallest absolute Gasteiger partial charge is 0.291 e. The third kappa shape index (κ3) is 3.91. The van der Waals surface area contributed by atoms with Crippen LogP contribution in [0, 0.1) is 0 Å². The SMILES string of the molecule is C=C(CC)OCN1C(=O)SC(Cc2ccc(CC)cc2)C1=O. The maximum Gasteiger partial charge on any atom is 0.291 e. The van der Waals surface area contributed by atoms with Gasteiger partial charge in [-0.2, -0.15) is 0 Å². The minimum Gasteiger partial charge on any atom is -0.478 e. The van der Waals surface area contributed by atoms with Gasteiger partial charge in [-0.05, 0) is 24.0 Å². The zero-order valence-electron chi connectivity index (χ0n) is 13.0. The van der Waals surface area contributed by atoms with Crippen LogP contribution in [-0.4, -0.2) is 28.0 Å². The summed E-state index contributed by atoms with van der Waals surface area (Å²) >= 11 is 1.07. The highest BCUT2D eigenvalue weighted by Crippen LogP contribution is 2.29. The number of carbonyl (C=O) groups excluding carboxylic acids is 2. The van der Waals surface area contributed by atoms with Crippen molar-refractivity contribution in [3.05, 3.63) is 47.7 Å². The number of thioether (sulfide) groups is 1. The number of carbonyl (C=O) groups is 2. The lowest BCUT2D eigenvalue weighted by Crippen LogP contribution is -2.34. The summed E-state index contributed by atoms with van der Waals surface area (Å²) in [5, 5.41) is -0.609. The fourth-order valence-corrected chi connectivity index (χ4v) is 3.14. The summed E-state index contributed by atoms with van der Waals surface area (Å²) < 4.78 is 5.32. The van der Waals surface area contributed by atoms with E-state index in [4.69, 9.17) is 4.74 Å². The summed E-state index contributed by atoms with van der Waals surface area (Å²) in [5.41, 5.74) is 2.33. The normalized spacial score (nSPS) is 17.9. The topological polar surface area (TPSA) is 46.6 Å². The first-order valence-corrected chi connectivity index (χ1v) is 8.33. The predicted octanol–water partition coefficient (Wildman–Crippen LogP) is 3.75. The van der Waals surface area contributed by atoms with Crippen LogP contribution >= 0.6 is 11.8 Å².